The fourth-order valence-corrected chi connectivity index (χ4v) is 2.27. The summed E-state index contributed by atoms with van der Waals surface area (Å²) in [5, 5.41) is 10.0. The number of ether oxygens (including phenoxy) is 2. The monoisotopic (exact) mass is 342 g/mol. The molecule has 2 rings (SSSR count). The van der Waals surface area contributed by atoms with E-state index >= 15 is 0 Å². The fourth-order valence-electron chi connectivity index (χ4n) is 2.27. The highest BCUT2D eigenvalue weighted by atomic mass is 16.5. The average molecular weight is 342 g/mol. The number of Topliss-reactive ketones (excluding diaryl/α,β-unsaturated/α-hetero) is 1. The fraction of sp³-hybridized carbons (Fsp3) is 0.300. The third-order valence-corrected chi connectivity index (χ3v) is 3.61. The van der Waals surface area contributed by atoms with Crippen LogP contribution >= 0.6 is 0 Å². The van der Waals surface area contributed by atoms with Gasteiger partial charge in [0.1, 0.15) is 12.7 Å². The lowest BCUT2D eigenvalue weighted by molar-refractivity contribution is -0.134. The minimum Gasteiger partial charge on any atom is -0.389 e. The standard InChI is InChI=1S/C20H22O5/c21-12-20(25-14-17-9-5-2-6-10-17)19(23)11-18(22)15-24-13-16-7-3-1-4-8-16/h1-10,12,19-20,23H,11,13-15H2. The van der Waals surface area contributed by atoms with Crippen molar-refractivity contribution in [3.05, 3.63) is 71.8 Å². The molecule has 5 heteroatoms. The molecule has 0 radical (unpaired) electrons. The molecule has 0 heterocycles. The molecule has 2 aromatic carbocycles. The third-order valence-electron chi connectivity index (χ3n) is 3.61. The van der Waals surface area contributed by atoms with Gasteiger partial charge in [-0.1, -0.05) is 60.7 Å². The van der Waals surface area contributed by atoms with Crippen molar-refractivity contribution in [3.63, 3.8) is 0 Å². The molecule has 0 aromatic heterocycles. The lowest BCUT2D eigenvalue weighted by atomic mass is 10.1. The first-order valence-corrected chi connectivity index (χ1v) is 8.11. The summed E-state index contributed by atoms with van der Waals surface area (Å²) < 4.78 is 10.7. The zero-order chi connectivity index (χ0) is 17.9. The second-order valence-electron chi connectivity index (χ2n) is 5.69. The Bertz CT molecular complexity index is 642. The third kappa shape index (κ3) is 6.97. The molecule has 2 unspecified atom stereocenters. The van der Waals surface area contributed by atoms with Crippen LogP contribution in [0.4, 0.5) is 0 Å². The van der Waals surface area contributed by atoms with E-state index in [9.17, 15) is 14.7 Å². The molecule has 0 spiro atoms. The number of hydrogen-bond acceptors (Lipinski definition) is 5. The van der Waals surface area contributed by atoms with Gasteiger partial charge >= 0.3 is 0 Å². The van der Waals surface area contributed by atoms with E-state index in [-0.39, 0.29) is 25.4 Å². The van der Waals surface area contributed by atoms with Crippen molar-refractivity contribution in [1.82, 2.24) is 0 Å². The Kier molecular flexibility index (Phi) is 7.98. The molecule has 0 fully saturated rings. The summed E-state index contributed by atoms with van der Waals surface area (Å²) in [6.45, 7) is 0.403. The van der Waals surface area contributed by atoms with E-state index in [1.165, 1.54) is 0 Å². The first-order chi connectivity index (χ1) is 12.2. The Balaban J connectivity index is 1.71. The SMILES string of the molecule is O=CC(OCc1ccccc1)C(O)CC(=O)COCc1ccccc1. The average Bonchev–Trinajstić information content (AvgIpc) is 2.64. The Morgan fingerprint density at radius 1 is 0.960 bits per heavy atom. The molecule has 25 heavy (non-hydrogen) atoms. The molecule has 0 amide bonds. The van der Waals surface area contributed by atoms with Gasteiger partial charge in [0.2, 0.25) is 0 Å². The Labute approximate surface area is 147 Å². The van der Waals surface area contributed by atoms with E-state index in [2.05, 4.69) is 0 Å². The van der Waals surface area contributed by atoms with Crippen molar-refractivity contribution in [2.75, 3.05) is 6.61 Å². The number of aliphatic hydroxyl groups is 1. The smallest absolute Gasteiger partial charge is 0.161 e. The van der Waals surface area contributed by atoms with E-state index in [1.807, 2.05) is 60.7 Å². The summed E-state index contributed by atoms with van der Waals surface area (Å²) >= 11 is 0. The second kappa shape index (κ2) is 10.5. The van der Waals surface area contributed by atoms with Crippen molar-refractivity contribution in [2.24, 2.45) is 0 Å². The molecule has 132 valence electrons. The summed E-state index contributed by atoms with van der Waals surface area (Å²) in [4.78, 5) is 23.0. The largest absolute Gasteiger partial charge is 0.389 e. The minimum atomic E-state index is -1.19. The molecule has 0 saturated heterocycles. The first kappa shape index (κ1) is 19.0. The van der Waals surface area contributed by atoms with Crippen molar-refractivity contribution >= 4 is 12.1 Å². The number of carbonyl (C=O) groups excluding carboxylic acids is 2. The van der Waals surface area contributed by atoms with Gasteiger partial charge in [0.15, 0.2) is 12.1 Å². The summed E-state index contributed by atoms with van der Waals surface area (Å²) in [6, 6.07) is 18.8. The highest BCUT2D eigenvalue weighted by Crippen LogP contribution is 2.08. The lowest BCUT2D eigenvalue weighted by Gasteiger charge is -2.18. The molecule has 0 bridgehead atoms. The van der Waals surface area contributed by atoms with Gasteiger partial charge in [-0.25, -0.2) is 0 Å². The van der Waals surface area contributed by atoms with E-state index < -0.39 is 12.2 Å². The van der Waals surface area contributed by atoms with E-state index in [0.717, 1.165) is 11.1 Å². The van der Waals surface area contributed by atoms with Crippen LogP contribution in [0.3, 0.4) is 0 Å². The van der Waals surface area contributed by atoms with Crippen LogP contribution in [0.2, 0.25) is 0 Å². The minimum absolute atomic E-state index is 0.115. The number of ketones is 1. The summed E-state index contributed by atoms with van der Waals surface area (Å²) in [7, 11) is 0. The number of hydrogen-bond donors (Lipinski definition) is 1. The molecule has 0 aliphatic heterocycles. The second-order valence-corrected chi connectivity index (χ2v) is 5.69. The summed E-state index contributed by atoms with van der Waals surface area (Å²) in [5.74, 6) is -0.279. The van der Waals surface area contributed by atoms with Crippen LogP contribution in [-0.2, 0) is 32.3 Å². The number of aliphatic hydroxyl groups excluding tert-OH is 1. The molecule has 5 nitrogen and oxygen atoms in total. The highest BCUT2D eigenvalue weighted by Gasteiger charge is 2.22. The Morgan fingerprint density at radius 3 is 2.08 bits per heavy atom. The molecular formula is C20H22O5. The molecule has 0 aliphatic carbocycles. The van der Waals surface area contributed by atoms with Gasteiger partial charge < -0.3 is 19.4 Å². The zero-order valence-electron chi connectivity index (χ0n) is 13.9. The van der Waals surface area contributed by atoms with Crippen LogP contribution in [0.5, 0.6) is 0 Å². The molecular weight excluding hydrogens is 320 g/mol. The lowest BCUT2D eigenvalue weighted by Crippen LogP contribution is -2.33. The Morgan fingerprint density at radius 2 is 1.52 bits per heavy atom. The molecule has 1 N–H and O–H groups in total. The summed E-state index contributed by atoms with van der Waals surface area (Å²) in [5.41, 5.74) is 1.85. The molecule has 2 aromatic rings. The van der Waals surface area contributed by atoms with E-state index in [1.54, 1.807) is 0 Å². The van der Waals surface area contributed by atoms with Crippen LogP contribution in [0.1, 0.15) is 17.5 Å². The normalized spacial score (nSPS) is 13.2. The van der Waals surface area contributed by atoms with Crippen molar-refractivity contribution < 1.29 is 24.2 Å². The van der Waals surface area contributed by atoms with Gasteiger partial charge in [0.05, 0.1) is 19.3 Å². The zero-order valence-corrected chi connectivity index (χ0v) is 13.9. The van der Waals surface area contributed by atoms with Crippen LogP contribution in [0, 0.1) is 0 Å². The first-order valence-electron chi connectivity index (χ1n) is 8.11. The van der Waals surface area contributed by atoms with Gasteiger partial charge in [0.25, 0.3) is 0 Å². The van der Waals surface area contributed by atoms with E-state index in [0.29, 0.717) is 12.9 Å². The maximum atomic E-state index is 11.9. The quantitative estimate of drug-likeness (QED) is 0.635. The molecule has 0 saturated carbocycles. The topological polar surface area (TPSA) is 72.8 Å². The molecule has 2 atom stereocenters. The van der Waals surface area contributed by atoms with Gasteiger partial charge in [0, 0.05) is 6.42 Å². The maximum Gasteiger partial charge on any atom is 0.161 e. The predicted octanol–water partition coefficient (Wildman–Crippen LogP) is 2.31. The van der Waals surface area contributed by atoms with Gasteiger partial charge in [-0.05, 0) is 11.1 Å². The van der Waals surface area contributed by atoms with Crippen molar-refractivity contribution in [2.45, 2.75) is 31.8 Å². The van der Waals surface area contributed by atoms with Crippen LogP contribution in [0.25, 0.3) is 0 Å². The Hall–Kier alpha value is -2.34. The van der Waals surface area contributed by atoms with Crippen molar-refractivity contribution in [1.29, 1.82) is 0 Å². The van der Waals surface area contributed by atoms with Gasteiger partial charge in [-0.2, -0.15) is 0 Å². The van der Waals surface area contributed by atoms with Crippen LogP contribution in [-0.4, -0.2) is 36.0 Å². The van der Waals surface area contributed by atoms with Crippen LogP contribution < -0.4 is 0 Å². The van der Waals surface area contributed by atoms with Crippen LogP contribution in [0.15, 0.2) is 60.7 Å². The highest BCUT2D eigenvalue weighted by molar-refractivity contribution is 5.80. The van der Waals surface area contributed by atoms with E-state index in [4.69, 9.17) is 9.47 Å². The van der Waals surface area contributed by atoms with Crippen molar-refractivity contribution in [3.8, 4) is 0 Å². The summed E-state index contributed by atoms with van der Waals surface area (Å²) in [6.07, 6.45) is -1.90. The maximum absolute atomic E-state index is 11.9. The number of benzene rings is 2. The number of carbonyl (C=O) groups is 2. The molecule has 0 aliphatic rings. The van der Waals surface area contributed by atoms with Gasteiger partial charge in [-0.3, -0.25) is 4.79 Å². The number of aldehydes is 1. The number of rotatable bonds is 11. The van der Waals surface area contributed by atoms with Gasteiger partial charge in [-0.15, -0.1) is 0 Å². The predicted molar refractivity (Wildman–Crippen MR) is 92.8 cm³/mol.